The summed E-state index contributed by atoms with van der Waals surface area (Å²) in [4.78, 5) is 12.1. The van der Waals surface area contributed by atoms with Crippen LogP contribution >= 0.6 is 0 Å². The van der Waals surface area contributed by atoms with Gasteiger partial charge in [-0.25, -0.2) is 0 Å². The zero-order chi connectivity index (χ0) is 12.8. The second-order valence-corrected chi connectivity index (χ2v) is 4.26. The van der Waals surface area contributed by atoms with E-state index in [1.165, 1.54) is 0 Å². The summed E-state index contributed by atoms with van der Waals surface area (Å²) in [5.41, 5.74) is 0.575. The molecule has 1 saturated heterocycles. The Morgan fingerprint density at radius 2 is 2.39 bits per heavy atom. The van der Waals surface area contributed by atoms with E-state index < -0.39 is 0 Å². The van der Waals surface area contributed by atoms with Crippen molar-refractivity contribution in [1.82, 2.24) is 10.6 Å². The van der Waals surface area contributed by atoms with Crippen LogP contribution in [-0.2, 0) is 0 Å². The first-order chi connectivity index (χ1) is 8.81. The van der Waals surface area contributed by atoms with Crippen molar-refractivity contribution in [3.8, 4) is 5.75 Å². The minimum Gasteiger partial charge on any atom is -0.489 e. The fourth-order valence-electron chi connectivity index (χ4n) is 1.97. The Bertz CT molecular complexity index is 426. The Hall–Kier alpha value is -1.81. The van der Waals surface area contributed by atoms with Crippen LogP contribution in [0.3, 0.4) is 0 Å². The summed E-state index contributed by atoms with van der Waals surface area (Å²) in [6, 6.07) is 7.47. The van der Waals surface area contributed by atoms with Gasteiger partial charge in [0.15, 0.2) is 0 Å². The summed E-state index contributed by atoms with van der Waals surface area (Å²) >= 11 is 0. The number of para-hydroxylation sites is 1. The standard InChI is InChI=1S/C14H18N2O2/c1-2-9-18-13-6-4-3-5-12(13)14(17)16-11-7-8-15-10-11/h2-6,11,15H,1,7-10H2,(H,16,17). The fourth-order valence-corrected chi connectivity index (χ4v) is 1.97. The number of carbonyl (C=O) groups is 1. The number of amides is 1. The third kappa shape index (κ3) is 3.11. The van der Waals surface area contributed by atoms with Gasteiger partial charge in [0.05, 0.1) is 5.56 Å². The molecule has 0 radical (unpaired) electrons. The largest absolute Gasteiger partial charge is 0.489 e. The highest BCUT2D eigenvalue weighted by Gasteiger charge is 2.19. The van der Waals surface area contributed by atoms with Crippen LogP contribution in [-0.4, -0.2) is 31.6 Å². The number of ether oxygens (including phenoxy) is 1. The molecular weight excluding hydrogens is 228 g/mol. The molecule has 1 aliphatic rings. The second kappa shape index (κ2) is 6.21. The normalized spacial score (nSPS) is 18.3. The van der Waals surface area contributed by atoms with Gasteiger partial charge in [0.1, 0.15) is 12.4 Å². The second-order valence-electron chi connectivity index (χ2n) is 4.26. The van der Waals surface area contributed by atoms with Crippen molar-refractivity contribution in [2.75, 3.05) is 19.7 Å². The molecule has 0 bridgehead atoms. The van der Waals surface area contributed by atoms with E-state index in [9.17, 15) is 4.79 Å². The highest BCUT2D eigenvalue weighted by atomic mass is 16.5. The molecule has 0 aliphatic carbocycles. The maximum Gasteiger partial charge on any atom is 0.255 e. The summed E-state index contributed by atoms with van der Waals surface area (Å²) in [6.07, 6.45) is 2.64. The van der Waals surface area contributed by atoms with E-state index in [-0.39, 0.29) is 11.9 Å². The molecule has 1 aromatic carbocycles. The van der Waals surface area contributed by atoms with Crippen LogP contribution in [0.4, 0.5) is 0 Å². The smallest absolute Gasteiger partial charge is 0.255 e. The Kier molecular flexibility index (Phi) is 4.36. The molecule has 2 N–H and O–H groups in total. The maximum atomic E-state index is 12.1. The van der Waals surface area contributed by atoms with Crippen molar-refractivity contribution >= 4 is 5.91 Å². The van der Waals surface area contributed by atoms with Crippen molar-refractivity contribution in [2.45, 2.75) is 12.5 Å². The molecule has 0 saturated carbocycles. The van der Waals surface area contributed by atoms with E-state index in [4.69, 9.17) is 4.74 Å². The van der Waals surface area contributed by atoms with Crippen LogP contribution in [0, 0.1) is 0 Å². The lowest BCUT2D eigenvalue weighted by atomic mass is 10.1. The molecule has 0 spiro atoms. The molecule has 1 atom stereocenters. The molecule has 1 amide bonds. The van der Waals surface area contributed by atoms with Crippen LogP contribution in [0.2, 0.25) is 0 Å². The summed E-state index contributed by atoms with van der Waals surface area (Å²) in [5, 5.41) is 6.22. The first-order valence-corrected chi connectivity index (χ1v) is 6.15. The van der Waals surface area contributed by atoms with Crippen molar-refractivity contribution in [2.24, 2.45) is 0 Å². The summed E-state index contributed by atoms with van der Waals surface area (Å²) in [7, 11) is 0. The van der Waals surface area contributed by atoms with Crippen LogP contribution in [0.5, 0.6) is 5.75 Å². The molecule has 0 aromatic heterocycles. The Balaban J connectivity index is 2.05. The molecule has 1 fully saturated rings. The van der Waals surface area contributed by atoms with Gasteiger partial charge in [-0.2, -0.15) is 0 Å². The van der Waals surface area contributed by atoms with E-state index in [1.807, 2.05) is 12.1 Å². The number of benzene rings is 1. The van der Waals surface area contributed by atoms with Gasteiger partial charge in [-0.15, -0.1) is 0 Å². The average Bonchev–Trinajstić information content (AvgIpc) is 2.89. The predicted octanol–water partition coefficient (Wildman–Crippen LogP) is 1.34. The molecule has 1 heterocycles. The summed E-state index contributed by atoms with van der Waals surface area (Å²) in [5.74, 6) is 0.518. The van der Waals surface area contributed by atoms with Crippen molar-refractivity contribution in [1.29, 1.82) is 0 Å². The molecule has 96 valence electrons. The van der Waals surface area contributed by atoms with Gasteiger partial charge < -0.3 is 15.4 Å². The Morgan fingerprint density at radius 1 is 1.56 bits per heavy atom. The predicted molar refractivity (Wildman–Crippen MR) is 70.9 cm³/mol. The lowest BCUT2D eigenvalue weighted by Crippen LogP contribution is -2.36. The lowest BCUT2D eigenvalue weighted by molar-refractivity contribution is 0.0936. The molecule has 18 heavy (non-hydrogen) atoms. The first kappa shape index (κ1) is 12.6. The van der Waals surface area contributed by atoms with Gasteiger partial charge in [0, 0.05) is 12.6 Å². The zero-order valence-corrected chi connectivity index (χ0v) is 10.3. The maximum absolute atomic E-state index is 12.1. The monoisotopic (exact) mass is 246 g/mol. The topological polar surface area (TPSA) is 50.4 Å². The van der Waals surface area contributed by atoms with Gasteiger partial charge in [0.25, 0.3) is 5.91 Å². The molecule has 1 aliphatic heterocycles. The van der Waals surface area contributed by atoms with E-state index in [1.54, 1.807) is 18.2 Å². The van der Waals surface area contributed by atoms with Gasteiger partial charge in [-0.3, -0.25) is 4.79 Å². The summed E-state index contributed by atoms with van der Waals surface area (Å²) < 4.78 is 5.48. The van der Waals surface area contributed by atoms with Crippen LogP contribution < -0.4 is 15.4 Å². The van der Waals surface area contributed by atoms with E-state index in [0.29, 0.717) is 17.9 Å². The van der Waals surface area contributed by atoms with Gasteiger partial charge >= 0.3 is 0 Å². The number of rotatable bonds is 5. The molecular formula is C14H18N2O2. The number of hydrogen-bond acceptors (Lipinski definition) is 3. The SMILES string of the molecule is C=CCOc1ccccc1C(=O)NC1CCNC1. The van der Waals surface area contributed by atoms with Crippen molar-refractivity contribution < 1.29 is 9.53 Å². The van der Waals surface area contributed by atoms with E-state index in [2.05, 4.69) is 17.2 Å². The van der Waals surface area contributed by atoms with E-state index >= 15 is 0 Å². The van der Waals surface area contributed by atoms with Crippen LogP contribution in [0.1, 0.15) is 16.8 Å². The molecule has 1 unspecified atom stereocenters. The first-order valence-electron chi connectivity index (χ1n) is 6.15. The molecule has 4 heteroatoms. The van der Waals surface area contributed by atoms with Gasteiger partial charge in [0.2, 0.25) is 0 Å². The Labute approximate surface area is 107 Å². The average molecular weight is 246 g/mol. The third-order valence-electron chi connectivity index (χ3n) is 2.88. The third-order valence-corrected chi connectivity index (χ3v) is 2.88. The number of nitrogens with one attached hydrogen (secondary N) is 2. The molecule has 4 nitrogen and oxygen atoms in total. The van der Waals surface area contributed by atoms with Crippen molar-refractivity contribution in [3.63, 3.8) is 0 Å². The highest BCUT2D eigenvalue weighted by Crippen LogP contribution is 2.18. The minimum absolute atomic E-state index is 0.0802. The lowest BCUT2D eigenvalue weighted by Gasteiger charge is -2.14. The molecule has 2 rings (SSSR count). The number of hydrogen-bond donors (Lipinski definition) is 2. The molecule has 1 aromatic rings. The zero-order valence-electron chi connectivity index (χ0n) is 10.3. The van der Waals surface area contributed by atoms with Gasteiger partial charge in [-0.1, -0.05) is 24.8 Å². The summed E-state index contributed by atoms with van der Waals surface area (Å²) in [6.45, 7) is 5.79. The Morgan fingerprint density at radius 3 is 3.11 bits per heavy atom. The fraction of sp³-hybridized carbons (Fsp3) is 0.357. The minimum atomic E-state index is -0.0802. The van der Waals surface area contributed by atoms with Crippen LogP contribution in [0.25, 0.3) is 0 Å². The van der Waals surface area contributed by atoms with Gasteiger partial charge in [-0.05, 0) is 25.1 Å². The van der Waals surface area contributed by atoms with Crippen molar-refractivity contribution in [3.05, 3.63) is 42.5 Å². The number of carbonyl (C=O) groups excluding carboxylic acids is 1. The highest BCUT2D eigenvalue weighted by molar-refractivity contribution is 5.97. The van der Waals surface area contributed by atoms with Crippen LogP contribution in [0.15, 0.2) is 36.9 Å². The quantitative estimate of drug-likeness (QED) is 0.771. The van der Waals surface area contributed by atoms with E-state index in [0.717, 1.165) is 19.5 Å².